The Labute approximate surface area is 179 Å². The van der Waals surface area contributed by atoms with Crippen molar-refractivity contribution < 1.29 is 33.4 Å². The molecule has 0 aromatic heterocycles. The Morgan fingerprint density at radius 1 is 1.13 bits per heavy atom. The van der Waals surface area contributed by atoms with Gasteiger partial charge in [-0.3, -0.25) is 4.79 Å². The van der Waals surface area contributed by atoms with Crippen LogP contribution >= 0.6 is 0 Å². The summed E-state index contributed by atoms with van der Waals surface area (Å²) in [6.07, 6.45) is -0.965. The molecule has 0 saturated carbocycles. The second-order valence-corrected chi connectivity index (χ2v) is 6.72. The molecule has 1 aliphatic rings. The Kier molecular flexibility index (Phi) is 7.31. The molecule has 1 heterocycles. The molecule has 2 aromatic rings. The smallest absolute Gasteiger partial charge is 0.347 e. The van der Waals surface area contributed by atoms with E-state index < -0.39 is 24.6 Å². The second-order valence-electron chi connectivity index (χ2n) is 6.72. The summed E-state index contributed by atoms with van der Waals surface area (Å²) in [5.74, 6) is 0.911. The summed E-state index contributed by atoms with van der Waals surface area (Å²) in [5.41, 5.74) is 2.21. The first-order chi connectivity index (χ1) is 15.0. The molecule has 9 nitrogen and oxygen atoms in total. The lowest BCUT2D eigenvalue weighted by molar-refractivity contribution is -0.159. The number of hydrogen-bond acceptors (Lipinski definition) is 8. The van der Waals surface area contributed by atoms with Crippen LogP contribution in [-0.4, -0.2) is 44.2 Å². The van der Waals surface area contributed by atoms with Crippen molar-refractivity contribution in [3.05, 3.63) is 53.6 Å². The fourth-order valence-electron chi connectivity index (χ4n) is 2.72. The standard InChI is InChI=1S/C22H24N2O7/c1-14(17-6-9-19-20(10-17)29-13-28-19)24-30-12-21(25)31-15(2)22(26)23-11-16-4-7-18(27-3)8-5-16/h4-10,15H,11-13H2,1-3H3,(H,23,26)/b24-14+. The predicted octanol–water partition coefficient (Wildman–Crippen LogP) is 2.41. The highest BCUT2D eigenvalue weighted by atomic mass is 16.7. The van der Waals surface area contributed by atoms with Crippen LogP contribution in [0.2, 0.25) is 0 Å². The van der Waals surface area contributed by atoms with Gasteiger partial charge in [0.15, 0.2) is 17.6 Å². The third-order valence-electron chi connectivity index (χ3n) is 4.48. The fourth-order valence-corrected chi connectivity index (χ4v) is 2.72. The van der Waals surface area contributed by atoms with Crippen LogP contribution in [0, 0.1) is 0 Å². The van der Waals surface area contributed by atoms with Crippen molar-refractivity contribution in [1.29, 1.82) is 0 Å². The molecular weight excluding hydrogens is 404 g/mol. The first-order valence-corrected chi connectivity index (χ1v) is 9.63. The largest absolute Gasteiger partial charge is 0.497 e. The van der Waals surface area contributed by atoms with Gasteiger partial charge in [0.1, 0.15) is 5.75 Å². The number of oxime groups is 1. The third kappa shape index (κ3) is 6.11. The first kappa shape index (κ1) is 21.9. The molecule has 2 aromatic carbocycles. The van der Waals surface area contributed by atoms with Crippen LogP contribution < -0.4 is 19.5 Å². The van der Waals surface area contributed by atoms with E-state index in [2.05, 4.69) is 10.5 Å². The van der Waals surface area contributed by atoms with Crippen LogP contribution in [-0.2, 0) is 25.7 Å². The van der Waals surface area contributed by atoms with Gasteiger partial charge in [0, 0.05) is 12.1 Å². The summed E-state index contributed by atoms with van der Waals surface area (Å²) in [6, 6.07) is 12.6. The zero-order chi connectivity index (χ0) is 22.2. The summed E-state index contributed by atoms with van der Waals surface area (Å²) in [6.45, 7) is 3.29. The Balaban J connectivity index is 1.40. The first-order valence-electron chi connectivity index (χ1n) is 9.63. The van der Waals surface area contributed by atoms with Gasteiger partial charge in [-0.2, -0.15) is 0 Å². The minimum atomic E-state index is -0.965. The molecule has 1 amide bonds. The molecule has 0 fully saturated rings. The van der Waals surface area contributed by atoms with Gasteiger partial charge in [-0.15, -0.1) is 0 Å². The number of rotatable bonds is 9. The van der Waals surface area contributed by atoms with Crippen LogP contribution in [0.5, 0.6) is 17.2 Å². The van der Waals surface area contributed by atoms with Crippen molar-refractivity contribution >= 4 is 17.6 Å². The van der Waals surface area contributed by atoms with Gasteiger partial charge in [-0.1, -0.05) is 17.3 Å². The van der Waals surface area contributed by atoms with Crippen molar-refractivity contribution in [2.45, 2.75) is 26.5 Å². The number of fused-ring (bicyclic) bond motifs is 1. The van der Waals surface area contributed by atoms with E-state index in [0.717, 1.165) is 16.9 Å². The van der Waals surface area contributed by atoms with E-state index in [1.807, 2.05) is 18.2 Å². The molecule has 1 unspecified atom stereocenters. The lowest BCUT2D eigenvalue weighted by Gasteiger charge is -2.13. The maximum Gasteiger partial charge on any atom is 0.347 e. The van der Waals surface area contributed by atoms with Gasteiger partial charge in [0.05, 0.1) is 12.8 Å². The Hall–Kier alpha value is -3.75. The van der Waals surface area contributed by atoms with Crippen LogP contribution in [0.1, 0.15) is 25.0 Å². The summed E-state index contributed by atoms with van der Waals surface area (Å²) in [4.78, 5) is 29.1. The van der Waals surface area contributed by atoms with Gasteiger partial charge < -0.3 is 29.1 Å². The number of esters is 1. The van der Waals surface area contributed by atoms with Gasteiger partial charge in [-0.05, 0) is 49.7 Å². The number of nitrogens with zero attached hydrogens (tertiary/aromatic N) is 1. The molecular formula is C22H24N2O7. The highest BCUT2D eigenvalue weighted by molar-refractivity contribution is 5.99. The van der Waals surface area contributed by atoms with Crippen LogP contribution in [0.4, 0.5) is 0 Å². The number of carbonyl (C=O) groups is 2. The van der Waals surface area contributed by atoms with Crippen molar-refractivity contribution in [2.24, 2.45) is 5.16 Å². The minimum Gasteiger partial charge on any atom is -0.497 e. The van der Waals surface area contributed by atoms with Gasteiger partial charge in [-0.25, -0.2) is 4.79 Å². The zero-order valence-corrected chi connectivity index (χ0v) is 17.5. The van der Waals surface area contributed by atoms with Gasteiger partial charge >= 0.3 is 5.97 Å². The second kappa shape index (κ2) is 10.3. The quantitative estimate of drug-likeness (QED) is 0.371. The number of ether oxygens (including phenoxy) is 4. The maximum atomic E-state index is 12.1. The SMILES string of the molecule is COc1ccc(CNC(=O)C(C)OC(=O)CO/N=C(\C)c2ccc3c(c2)OCO3)cc1. The third-order valence-corrected chi connectivity index (χ3v) is 4.48. The molecule has 0 bridgehead atoms. The van der Waals surface area contributed by atoms with Crippen LogP contribution in [0.25, 0.3) is 0 Å². The number of methoxy groups -OCH3 is 1. The van der Waals surface area contributed by atoms with E-state index in [1.165, 1.54) is 6.92 Å². The monoisotopic (exact) mass is 428 g/mol. The van der Waals surface area contributed by atoms with E-state index in [0.29, 0.717) is 23.8 Å². The van der Waals surface area contributed by atoms with Crippen LogP contribution in [0.3, 0.4) is 0 Å². The molecule has 1 aliphatic heterocycles. The lowest BCUT2D eigenvalue weighted by Crippen LogP contribution is -2.36. The van der Waals surface area contributed by atoms with Gasteiger partial charge in [0.2, 0.25) is 13.4 Å². The highest BCUT2D eigenvalue weighted by Crippen LogP contribution is 2.32. The number of carbonyl (C=O) groups excluding carboxylic acids is 2. The molecule has 0 saturated heterocycles. The van der Waals surface area contributed by atoms with E-state index in [9.17, 15) is 9.59 Å². The topological polar surface area (TPSA) is 105 Å². The van der Waals surface area contributed by atoms with Crippen molar-refractivity contribution in [2.75, 3.05) is 20.5 Å². The Morgan fingerprint density at radius 3 is 2.61 bits per heavy atom. The average Bonchev–Trinajstić information content (AvgIpc) is 3.25. The molecule has 0 spiro atoms. The number of amides is 1. The average molecular weight is 428 g/mol. The Morgan fingerprint density at radius 2 is 1.87 bits per heavy atom. The highest BCUT2D eigenvalue weighted by Gasteiger charge is 2.18. The molecule has 31 heavy (non-hydrogen) atoms. The zero-order valence-electron chi connectivity index (χ0n) is 17.5. The predicted molar refractivity (Wildman–Crippen MR) is 111 cm³/mol. The molecule has 3 rings (SSSR count). The number of nitrogens with one attached hydrogen (secondary N) is 1. The summed E-state index contributed by atoms with van der Waals surface area (Å²) in [5, 5.41) is 6.62. The molecule has 0 aliphatic carbocycles. The molecule has 9 heteroatoms. The van der Waals surface area contributed by atoms with Crippen molar-refractivity contribution in [3.8, 4) is 17.2 Å². The normalized spacial score (nSPS) is 13.3. The maximum absolute atomic E-state index is 12.1. The van der Waals surface area contributed by atoms with Crippen molar-refractivity contribution in [3.63, 3.8) is 0 Å². The molecule has 1 N–H and O–H groups in total. The molecule has 0 radical (unpaired) electrons. The Bertz CT molecular complexity index is 957. The number of benzene rings is 2. The van der Waals surface area contributed by atoms with Crippen molar-refractivity contribution in [1.82, 2.24) is 5.32 Å². The minimum absolute atomic E-state index is 0.184. The lowest BCUT2D eigenvalue weighted by atomic mass is 10.1. The number of hydrogen-bond donors (Lipinski definition) is 1. The molecule has 1 atom stereocenters. The summed E-state index contributed by atoms with van der Waals surface area (Å²) in [7, 11) is 1.58. The molecule has 164 valence electrons. The van der Waals surface area contributed by atoms with E-state index in [1.54, 1.807) is 38.3 Å². The van der Waals surface area contributed by atoms with E-state index in [4.69, 9.17) is 23.8 Å². The van der Waals surface area contributed by atoms with E-state index in [-0.39, 0.29) is 6.79 Å². The fraction of sp³-hybridized carbons (Fsp3) is 0.318. The van der Waals surface area contributed by atoms with E-state index >= 15 is 0 Å². The van der Waals surface area contributed by atoms with Crippen LogP contribution in [0.15, 0.2) is 47.6 Å². The summed E-state index contributed by atoms with van der Waals surface area (Å²) < 4.78 is 20.8. The summed E-state index contributed by atoms with van der Waals surface area (Å²) >= 11 is 0. The van der Waals surface area contributed by atoms with Gasteiger partial charge in [0.25, 0.3) is 5.91 Å².